The number of amides is 1. The predicted molar refractivity (Wildman–Crippen MR) is 96.5 cm³/mol. The van der Waals surface area contributed by atoms with Gasteiger partial charge in [0.05, 0.1) is 34.5 Å². The van der Waals surface area contributed by atoms with E-state index in [-0.39, 0.29) is 12.5 Å². The van der Waals surface area contributed by atoms with Gasteiger partial charge in [-0.05, 0) is 37.6 Å². The number of aromatic nitrogens is 1. The van der Waals surface area contributed by atoms with Crippen molar-refractivity contribution < 1.29 is 4.79 Å². The number of benzene rings is 1. The second-order valence-electron chi connectivity index (χ2n) is 5.44. The van der Waals surface area contributed by atoms with Crippen molar-refractivity contribution >= 4 is 29.0 Å². The summed E-state index contributed by atoms with van der Waals surface area (Å²) in [4.78, 5) is 18.1. The lowest BCUT2D eigenvalue weighted by molar-refractivity contribution is -0.116. The topological polar surface area (TPSA) is 92.8 Å². The van der Waals surface area contributed by atoms with Crippen molar-refractivity contribution in [3.05, 3.63) is 51.7 Å². The van der Waals surface area contributed by atoms with Crippen LogP contribution in [0.3, 0.4) is 0 Å². The summed E-state index contributed by atoms with van der Waals surface area (Å²) >= 11 is 6.11. The van der Waals surface area contributed by atoms with Crippen LogP contribution in [0.1, 0.15) is 22.4 Å². The number of nitriles is 2. The minimum absolute atomic E-state index is 0.0462. The molecule has 1 aromatic carbocycles. The lowest BCUT2D eigenvalue weighted by Crippen LogP contribution is -2.32. The number of aryl methyl sites for hydroxylation is 1. The molecule has 2 aromatic rings. The molecular weight excluding hydrogens is 338 g/mol. The molecule has 6 nitrogen and oxygen atoms in total. The Kier molecular flexibility index (Phi) is 5.59. The highest BCUT2D eigenvalue weighted by atomic mass is 35.5. The number of halogens is 1. The van der Waals surface area contributed by atoms with E-state index in [9.17, 15) is 10.1 Å². The molecule has 0 aliphatic heterocycles. The zero-order chi connectivity index (χ0) is 18.6. The van der Waals surface area contributed by atoms with E-state index >= 15 is 0 Å². The van der Waals surface area contributed by atoms with E-state index in [0.29, 0.717) is 38.9 Å². The number of anilines is 2. The standard InChI is InChI=1S/C18H16ClN5O/c1-11-15(9-21)18(23-12(2)17(11)19)22-10-16(25)24(3)14-6-4-5-13(7-14)8-20/h4-7H,10H2,1-3H3,(H,22,23). The zero-order valence-corrected chi connectivity index (χ0v) is 14.8. The maximum Gasteiger partial charge on any atom is 0.246 e. The van der Waals surface area contributed by atoms with Crippen LogP contribution in [0.5, 0.6) is 0 Å². The molecule has 1 heterocycles. The Morgan fingerprint density at radius 2 is 2.04 bits per heavy atom. The molecule has 1 N–H and O–H groups in total. The van der Waals surface area contributed by atoms with Crippen molar-refractivity contribution in [3.63, 3.8) is 0 Å². The van der Waals surface area contributed by atoms with Crippen LogP contribution in [0, 0.1) is 36.5 Å². The molecular formula is C18H16ClN5O. The predicted octanol–water partition coefficient (Wildman–Crippen LogP) is 3.17. The van der Waals surface area contributed by atoms with Gasteiger partial charge in [-0.3, -0.25) is 4.79 Å². The summed E-state index contributed by atoms with van der Waals surface area (Å²) in [5.41, 5.74) is 2.62. The molecule has 2 rings (SSSR count). The highest BCUT2D eigenvalue weighted by molar-refractivity contribution is 6.32. The van der Waals surface area contributed by atoms with E-state index in [1.54, 1.807) is 45.2 Å². The van der Waals surface area contributed by atoms with Gasteiger partial charge in [0.25, 0.3) is 0 Å². The first-order valence-electron chi connectivity index (χ1n) is 7.46. The molecule has 0 aliphatic rings. The van der Waals surface area contributed by atoms with E-state index in [1.165, 1.54) is 4.90 Å². The third-order valence-electron chi connectivity index (χ3n) is 3.79. The van der Waals surface area contributed by atoms with Gasteiger partial charge >= 0.3 is 0 Å². The average molecular weight is 354 g/mol. The first-order chi connectivity index (χ1) is 11.9. The van der Waals surface area contributed by atoms with Crippen LogP contribution in [0.2, 0.25) is 5.02 Å². The van der Waals surface area contributed by atoms with E-state index in [1.807, 2.05) is 6.07 Å². The highest BCUT2D eigenvalue weighted by Gasteiger charge is 2.16. The fraction of sp³-hybridized carbons (Fsp3) is 0.222. The summed E-state index contributed by atoms with van der Waals surface area (Å²) in [5, 5.41) is 21.6. The number of hydrogen-bond acceptors (Lipinski definition) is 5. The summed E-state index contributed by atoms with van der Waals surface area (Å²) in [6, 6.07) is 10.9. The van der Waals surface area contributed by atoms with Gasteiger partial charge in [-0.1, -0.05) is 17.7 Å². The van der Waals surface area contributed by atoms with Crippen LogP contribution in [-0.2, 0) is 4.79 Å². The number of carbonyl (C=O) groups is 1. The van der Waals surface area contributed by atoms with E-state index in [2.05, 4.69) is 16.4 Å². The number of nitrogens with zero attached hydrogens (tertiary/aromatic N) is 4. The molecule has 0 bridgehead atoms. The number of nitrogens with one attached hydrogen (secondary N) is 1. The number of hydrogen-bond donors (Lipinski definition) is 1. The minimum atomic E-state index is -0.231. The minimum Gasteiger partial charge on any atom is -0.360 e. The van der Waals surface area contributed by atoms with Gasteiger partial charge in [0.1, 0.15) is 11.9 Å². The van der Waals surface area contributed by atoms with Gasteiger partial charge in [0.2, 0.25) is 5.91 Å². The molecule has 0 spiro atoms. The van der Waals surface area contributed by atoms with Crippen LogP contribution in [-0.4, -0.2) is 24.5 Å². The summed E-state index contributed by atoms with van der Waals surface area (Å²) in [6.45, 7) is 3.43. The monoisotopic (exact) mass is 353 g/mol. The second-order valence-corrected chi connectivity index (χ2v) is 5.82. The molecule has 0 saturated heterocycles. The SMILES string of the molecule is Cc1nc(NCC(=O)N(C)c2cccc(C#N)c2)c(C#N)c(C)c1Cl. The summed E-state index contributed by atoms with van der Waals surface area (Å²) in [6.07, 6.45) is 0. The first-order valence-corrected chi connectivity index (χ1v) is 7.84. The number of rotatable bonds is 4. The Bertz CT molecular complexity index is 911. The lowest BCUT2D eigenvalue weighted by Gasteiger charge is -2.19. The van der Waals surface area contributed by atoms with E-state index < -0.39 is 0 Å². The van der Waals surface area contributed by atoms with Crippen LogP contribution in [0.25, 0.3) is 0 Å². The van der Waals surface area contributed by atoms with Crippen LogP contribution in [0.15, 0.2) is 24.3 Å². The Hall–Kier alpha value is -3.09. The maximum atomic E-state index is 12.4. The van der Waals surface area contributed by atoms with Gasteiger partial charge in [-0.2, -0.15) is 10.5 Å². The molecule has 25 heavy (non-hydrogen) atoms. The average Bonchev–Trinajstić information content (AvgIpc) is 2.63. The van der Waals surface area contributed by atoms with E-state index in [4.69, 9.17) is 16.9 Å². The Balaban J connectivity index is 2.17. The van der Waals surface area contributed by atoms with Crippen molar-refractivity contribution in [3.8, 4) is 12.1 Å². The van der Waals surface area contributed by atoms with Gasteiger partial charge < -0.3 is 10.2 Å². The lowest BCUT2D eigenvalue weighted by atomic mass is 10.1. The molecule has 0 radical (unpaired) electrons. The van der Waals surface area contributed by atoms with Gasteiger partial charge in [0.15, 0.2) is 0 Å². The van der Waals surface area contributed by atoms with Crippen molar-refractivity contribution in [2.24, 2.45) is 0 Å². The second kappa shape index (κ2) is 7.65. The van der Waals surface area contributed by atoms with Crippen molar-refractivity contribution in [1.29, 1.82) is 10.5 Å². The molecule has 0 saturated carbocycles. The molecule has 1 aromatic heterocycles. The van der Waals surface area contributed by atoms with Gasteiger partial charge in [-0.15, -0.1) is 0 Å². The molecule has 126 valence electrons. The van der Waals surface area contributed by atoms with Crippen molar-refractivity contribution in [1.82, 2.24) is 4.98 Å². The van der Waals surface area contributed by atoms with Crippen LogP contribution >= 0.6 is 11.6 Å². The molecule has 1 amide bonds. The van der Waals surface area contributed by atoms with Crippen molar-refractivity contribution in [2.75, 3.05) is 23.8 Å². The van der Waals surface area contributed by atoms with E-state index in [0.717, 1.165) is 0 Å². The number of likely N-dealkylation sites (N-methyl/N-ethyl adjacent to an activating group) is 1. The fourth-order valence-electron chi connectivity index (χ4n) is 2.30. The fourth-order valence-corrected chi connectivity index (χ4v) is 2.44. The Labute approximate surface area is 151 Å². The third-order valence-corrected chi connectivity index (χ3v) is 4.35. The van der Waals surface area contributed by atoms with Crippen LogP contribution < -0.4 is 10.2 Å². The summed E-state index contributed by atoms with van der Waals surface area (Å²) < 4.78 is 0. The number of carbonyl (C=O) groups excluding carboxylic acids is 1. The summed E-state index contributed by atoms with van der Waals surface area (Å²) in [5.74, 6) is 0.0976. The largest absolute Gasteiger partial charge is 0.360 e. The normalized spacial score (nSPS) is 9.84. The Morgan fingerprint density at radius 1 is 1.32 bits per heavy atom. The molecule has 0 unspecified atom stereocenters. The third kappa shape index (κ3) is 3.88. The molecule has 0 aliphatic carbocycles. The van der Waals surface area contributed by atoms with Crippen molar-refractivity contribution in [2.45, 2.75) is 13.8 Å². The molecule has 0 fully saturated rings. The summed E-state index contributed by atoms with van der Waals surface area (Å²) in [7, 11) is 1.62. The van der Waals surface area contributed by atoms with Gasteiger partial charge in [0, 0.05) is 12.7 Å². The maximum absolute atomic E-state index is 12.4. The smallest absolute Gasteiger partial charge is 0.246 e. The van der Waals surface area contributed by atoms with Crippen LogP contribution in [0.4, 0.5) is 11.5 Å². The quantitative estimate of drug-likeness (QED) is 0.911. The molecule has 0 atom stereocenters. The molecule has 7 heteroatoms. The number of pyridine rings is 1. The zero-order valence-electron chi connectivity index (χ0n) is 14.1. The van der Waals surface area contributed by atoms with Gasteiger partial charge in [-0.25, -0.2) is 4.98 Å². The Morgan fingerprint density at radius 3 is 2.68 bits per heavy atom. The first kappa shape index (κ1) is 18.3. The highest BCUT2D eigenvalue weighted by Crippen LogP contribution is 2.26.